The smallest absolute Gasteiger partial charge is 0.185 e. The van der Waals surface area contributed by atoms with Crippen LogP contribution in [-0.4, -0.2) is 17.8 Å². The van der Waals surface area contributed by atoms with Crippen LogP contribution in [0.2, 0.25) is 0 Å². The van der Waals surface area contributed by atoms with E-state index in [4.69, 9.17) is 0 Å². The van der Waals surface area contributed by atoms with Crippen molar-refractivity contribution in [3.05, 3.63) is 59.8 Å². The van der Waals surface area contributed by atoms with Crippen molar-refractivity contribution >= 4 is 28.1 Å². The van der Waals surface area contributed by atoms with Gasteiger partial charge in [0.2, 0.25) is 0 Å². The zero-order chi connectivity index (χ0) is 13.7. The first kappa shape index (κ1) is 11.3. The Bertz CT molecular complexity index is 832. The second kappa shape index (κ2) is 3.97. The highest BCUT2D eigenvalue weighted by molar-refractivity contribution is 6.12. The van der Waals surface area contributed by atoms with Gasteiger partial charge in [-0.25, -0.2) is 0 Å². The maximum atomic E-state index is 12.5. The van der Waals surface area contributed by atoms with Crippen LogP contribution >= 0.6 is 0 Å². The summed E-state index contributed by atoms with van der Waals surface area (Å²) in [5, 5.41) is 1.09. The number of carbonyl (C=O) groups is 1. The third kappa shape index (κ3) is 1.43. The van der Waals surface area contributed by atoms with E-state index in [1.165, 1.54) is 0 Å². The zero-order valence-corrected chi connectivity index (χ0v) is 11.2. The summed E-state index contributed by atoms with van der Waals surface area (Å²) in [4.78, 5) is 17.9. The number of hydrogen-bond donors (Lipinski definition) is 1. The SMILES string of the molecule is CN1c2ccccc2CC(=O)c2[nH]c3ccccc3c21. The lowest BCUT2D eigenvalue weighted by Gasteiger charge is -2.20. The minimum atomic E-state index is 0.146. The second-order valence-corrected chi connectivity index (χ2v) is 5.18. The molecule has 0 spiro atoms. The average molecular weight is 262 g/mol. The van der Waals surface area contributed by atoms with Gasteiger partial charge in [0.1, 0.15) is 5.69 Å². The minimum absolute atomic E-state index is 0.146. The lowest BCUT2D eigenvalue weighted by Crippen LogP contribution is -2.10. The van der Waals surface area contributed by atoms with Gasteiger partial charge in [-0.1, -0.05) is 36.4 Å². The fourth-order valence-corrected chi connectivity index (χ4v) is 3.05. The molecule has 0 amide bonds. The highest BCUT2D eigenvalue weighted by Crippen LogP contribution is 2.39. The van der Waals surface area contributed by atoms with Crippen LogP contribution in [0.15, 0.2) is 48.5 Å². The molecule has 0 unspecified atom stereocenters. The lowest BCUT2D eigenvalue weighted by molar-refractivity contribution is 0.0990. The lowest BCUT2D eigenvalue weighted by atomic mass is 10.1. The molecule has 0 atom stereocenters. The highest BCUT2D eigenvalue weighted by atomic mass is 16.1. The first-order valence-electron chi connectivity index (χ1n) is 6.71. The third-order valence-electron chi connectivity index (χ3n) is 4.00. The second-order valence-electron chi connectivity index (χ2n) is 5.18. The number of ketones is 1. The van der Waals surface area contributed by atoms with Crippen molar-refractivity contribution in [1.82, 2.24) is 4.98 Å². The van der Waals surface area contributed by atoms with Crippen molar-refractivity contribution in [2.24, 2.45) is 0 Å². The molecule has 3 nitrogen and oxygen atoms in total. The molecular weight excluding hydrogens is 248 g/mol. The predicted octanol–water partition coefficient (Wildman–Crippen LogP) is 3.67. The van der Waals surface area contributed by atoms with E-state index >= 15 is 0 Å². The molecule has 98 valence electrons. The molecule has 2 heterocycles. The Labute approximate surface area is 116 Å². The first-order chi connectivity index (χ1) is 9.75. The number of carbonyl (C=O) groups excluding carboxylic acids is 1. The van der Waals surface area contributed by atoms with Crippen molar-refractivity contribution < 1.29 is 4.79 Å². The van der Waals surface area contributed by atoms with Crippen LogP contribution < -0.4 is 4.90 Å². The van der Waals surface area contributed by atoms with E-state index in [-0.39, 0.29) is 5.78 Å². The van der Waals surface area contributed by atoms with Crippen LogP contribution in [0.1, 0.15) is 16.1 Å². The van der Waals surface area contributed by atoms with Gasteiger partial charge in [-0.2, -0.15) is 0 Å². The number of para-hydroxylation sites is 2. The van der Waals surface area contributed by atoms with Crippen molar-refractivity contribution in [2.45, 2.75) is 6.42 Å². The number of anilines is 2. The van der Waals surface area contributed by atoms with Gasteiger partial charge < -0.3 is 9.88 Å². The molecule has 3 aromatic rings. The van der Waals surface area contributed by atoms with E-state index < -0.39 is 0 Å². The molecule has 1 aromatic heterocycles. The molecule has 2 aromatic carbocycles. The Balaban J connectivity index is 2.07. The predicted molar refractivity (Wildman–Crippen MR) is 80.8 cm³/mol. The number of aromatic nitrogens is 1. The van der Waals surface area contributed by atoms with Crippen molar-refractivity contribution in [3.63, 3.8) is 0 Å². The summed E-state index contributed by atoms with van der Waals surface area (Å²) in [7, 11) is 2.02. The number of rotatable bonds is 0. The summed E-state index contributed by atoms with van der Waals surface area (Å²) in [6.07, 6.45) is 0.445. The zero-order valence-electron chi connectivity index (χ0n) is 11.2. The third-order valence-corrected chi connectivity index (χ3v) is 4.00. The minimum Gasteiger partial charge on any atom is -0.350 e. The fourth-order valence-electron chi connectivity index (χ4n) is 3.05. The van der Waals surface area contributed by atoms with Gasteiger partial charge in [-0.3, -0.25) is 4.79 Å². The summed E-state index contributed by atoms with van der Waals surface area (Å²) in [6, 6.07) is 16.1. The molecule has 3 heteroatoms. The summed E-state index contributed by atoms with van der Waals surface area (Å²) >= 11 is 0. The Morgan fingerprint density at radius 3 is 2.70 bits per heavy atom. The number of Topliss-reactive ketones (excluding diaryl/α,β-unsaturated/α-hetero) is 1. The number of hydrogen-bond acceptors (Lipinski definition) is 2. The summed E-state index contributed by atoms with van der Waals surface area (Å²) in [5.41, 5.74) is 4.88. The maximum Gasteiger partial charge on any atom is 0.185 e. The quantitative estimate of drug-likeness (QED) is 0.671. The first-order valence-corrected chi connectivity index (χ1v) is 6.71. The molecule has 1 aliphatic heterocycles. The molecule has 4 rings (SSSR count). The summed E-state index contributed by atoms with van der Waals surface area (Å²) in [6.45, 7) is 0. The van der Waals surface area contributed by atoms with Gasteiger partial charge >= 0.3 is 0 Å². The molecule has 1 aliphatic rings. The number of aromatic amines is 1. The van der Waals surface area contributed by atoms with Crippen LogP contribution in [0.25, 0.3) is 10.9 Å². The Morgan fingerprint density at radius 1 is 1.05 bits per heavy atom. The van der Waals surface area contributed by atoms with E-state index in [1.54, 1.807) is 0 Å². The number of nitrogens with zero attached hydrogens (tertiary/aromatic N) is 1. The number of fused-ring (bicyclic) bond motifs is 4. The van der Waals surface area contributed by atoms with E-state index in [0.29, 0.717) is 12.1 Å². The van der Waals surface area contributed by atoms with Crippen LogP contribution in [0.5, 0.6) is 0 Å². The van der Waals surface area contributed by atoms with Crippen molar-refractivity contribution in [1.29, 1.82) is 0 Å². The monoisotopic (exact) mass is 262 g/mol. The Hall–Kier alpha value is -2.55. The Kier molecular flexibility index (Phi) is 2.24. The highest BCUT2D eigenvalue weighted by Gasteiger charge is 2.26. The average Bonchev–Trinajstić information content (AvgIpc) is 2.82. The number of H-pyrrole nitrogens is 1. The van der Waals surface area contributed by atoms with Gasteiger partial charge in [-0.15, -0.1) is 0 Å². The summed E-state index contributed by atoms with van der Waals surface area (Å²) < 4.78 is 0. The van der Waals surface area contributed by atoms with E-state index in [2.05, 4.69) is 22.0 Å². The van der Waals surface area contributed by atoms with E-state index in [9.17, 15) is 4.79 Å². The molecular formula is C17H14N2O. The fraction of sp³-hybridized carbons (Fsp3) is 0.118. The number of nitrogens with one attached hydrogen (secondary N) is 1. The van der Waals surface area contributed by atoms with Gasteiger partial charge in [0.25, 0.3) is 0 Å². The van der Waals surface area contributed by atoms with Crippen LogP contribution in [0, 0.1) is 0 Å². The number of benzene rings is 2. The largest absolute Gasteiger partial charge is 0.350 e. The Morgan fingerprint density at radius 2 is 1.80 bits per heavy atom. The standard InChI is InChI=1S/C17H14N2O/c1-19-14-9-5-2-6-11(14)10-15(20)16-17(19)12-7-3-4-8-13(12)18-16/h2-9,18H,10H2,1H3. The topological polar surface area (TPSA) is 36.1 Å². The maximum absolute atomic E-state index is 12.5. The molecule has 0 aliphatic carbocycles. The van der Waals surface area contributed by atoms with E-state index in [0.717, 1.165) is 27.8 Å². The molecule has 20 heavy (non-hydrogen) atoms. The van der Waals surface area contributed by atoms with Gasteiger partial charge in [0, 0.05) is 30.1 Å². The van der Waals surface area contributed by atoms with Gasteiger partial charge in [0.05, 0.1) is 5.69 Å². The molecule has 0 saturated carbocycles. The van der Waals surface area contributed by atoms with Gasteiger partial charge in [0.15, 0.2) is 5.78 Å². The van der Waals surface area contributed by atoms with Crippen LogP contribution in [-0.2, 0) is 6.42 Å². The van der Waals surface area contributed by atoms with Crippen LogP contribution in [0.4, 0.5) is 11.4 Å². The van der Waals surface area contributed by atoms with E-state index in [1.807, 2.05) is 43.4 Å². The molecule has 0 radical (unpaired) electrons. The molecule has 0 fully saturated rings. The molecule has 0 bridgehead atoms. The summed E-state index contributed by atoms with van der Waals surface area (Å²) in [5.74, 6) is 0.146. The molecule has 1 N–H and O–H groups in total. The molecule has 0 saturated heterocycles. The normalized spacial score (nSPS) is 14.1. The van der Waals surface area contributed by atoms with Crippen LogP contribution in [0.3, 0.4) is 0 Å². The van der Waals surface area contributed by atoms with Crippen molar-refractivity contribution in [3.8, 4) is 0 Å². The van der Waals surface area contributed by atoms with Crippen molar-refractivity contribution in [2.75, 3.05) is 11.9 Å². The van der Waals surface area contributed by atoms with Gasteiger partial charge in [-0.05, 0) is 17.7 Å².